The third kappa shape index (κ3) is 1.32. The Balaban J connectivity index is 2.09. The van der Waals surface area contributed by atoms with Crippen molar-refractivity contribution >= 4 is 11.6 Å². The zero-order valence-corrected chi connectivity index (χ0v) is 14.5. The lowest BCUT2D eigenvalue weighted by atomic mass is 9.53. The number of fused-ring (bicyclic) bond motifs is 1. The topological polar surface area (TPSA) is 54.4 Å². The average Bonchev–Trinajstić information content (AvgIpc) is 2.83. The van der Waals surface area contributed by atoms with Gasteiger partial charge in [0, 0.05) is 5.92 Å². The molecule has 0 heterocycles. The predicted octanol–water partition coefficient (Wildman–Crippen LogP) is 3.85. The molecule has 0 amide bonds. The minimum Gasteiger partial charge on any atom is -0.504 e. The van der Waals surface area contributed by atoms with Crippen LogP contribution in [0.5, 0.6) is 0 Å². The van der Waals surface area contributed by atoms with E-state index in [1.54, 1.807) is 6.92 Å². The Morgan fingerprint density at radius 3 is 2.48 bits per heavy atom. The second-order valence-corrected chi connectivity index (χ2v) is 8.72. The highest BCUT2D eigenvalue weighted by atomic mass is 16.3. The smallest absolute Gasteiger partial charge is 0.210 e. The van der Waals surface area contributed by atoms with Crippen LogP contribution in [-0.2, 0) is 9.59 Å². The van der Waals surface area contributed by atoms with E-state index in [0.29, 0.717) is 5.92 Å². The molecule has 3 fully saturated rings. The maximum Gasteiger partial charge on any atom is 0.210 e. The van der Waals surface area contributed by atoms with Gasteiger partial charge in [-0.25, -0.2) is 0 Å². The SMILES string of the molecule is C=C(C)[C@@H]1[C@H]2C[C@@H](C)[C@@H]3CC[C@@H](C)C4=C(O)C(=O)[C@@]1(C)C(=O)[C@@]423. The van der Waals surface area contributed by atoms with Gasteiger partial charge in [0.05, 0.1) is 5.41 Å². The van der Waals surface area contributed by atoms with Gasteiger partial charge in [0.2, 0.25) is 5.78 Å². The fraction of sp³-hybridized carbons (Fsp3) is 0.700. The Bertz CT molecular complexity index is 687. The standard InChI is InChI=1S/C20H26O3/c1-9(2)14-13-8-11(4)12-7-6-10(3)15-16(21)17(22)19(14,5)18(23)20(12,13)15/h10-14,21H,1,6-8H2,2-5H3/t10-,11-,12+,13-,14-,19+,20-/m1/s1. The minimum absolute atomic E-state index is 0.0849. The number of hydrogen-bond donors (Lipinski definition) is 1. The Hall–Kier alpha value is -1.38. The van der Waals surface area contributed by atoms with Gasteiger partial charge in [-0.3, -0.25) is 9.59 Å². The molecule has 0 aromatic heterocycles. The van der Waals surface area contributed by atoms with Crippen molar-refractivity contribution in [2.24, 2.45) is 40.4 Å². The van der Waals surface area contributed by atoms with Crippen molar-refractivity contribution in [3.8, 4) is 0 Å². The van der Waals surface area contributed by atoms with Gasteiger partial charge in [-0.1, -0.05) is 26.0 Å². The Kier molecular flexibility index (Phi) is 2.75. The van der Waals surface area contributed by atoms with Crippen LogP contribution in [0.2, 0.25) is 0 Å². The van der Waals surface area contributed by atoms with Crippen LogP contribution in [0.25, 0.3) is 0 Å². The maximum atomic E-state index is 13.7. The molecule has 4 aliphatic carbocycles. The number of hydrogen-bond acceptors (Lipinski definition) is 3. The number of Topliss-reactive ketones (excluding diaryl/α,β-unsaturated/α-hetero) is 2. The van der Waals surface area contributed by atoms with Crippen LogP contribution in [0.1, 0.15) is 47.0 Å². The minimum atomic E-state index is -1.11. The van der Waals surface area contributed by atoms with E-state index in [0.717, 1.165) is 30.4 Å². The molecule has 4 rings (SSSR count). The molecule has 0 saturated heterocycles. The number of rotatable bonds is 1. The highest BCUT2D eigenvalue weighted by Crippen LogP contribution is 2.75. The van der Waals surface area contributed by atoms with E-state index in [2.05, 4.69) is 20.4 Å². The van der Waals surface area contributed by atoms with Crippen LogP contribution in [-0.4, -0.2) is 16.7 Å². The van der Waals surface area contributed by atoms with E-state index in [1.807, 2.05) is 6.92 Å². The van der Waals surface area contributed by atoms with Crippen LogP contribution in [0.15, 0.2) is 23.5 Å². The monoisotopic (exact) mass is 314 g/mol. The first-order valence-corrected chi connectivity index (χ1v) is 8.88. The van der Waals surface area contributed by atoms with Crippen LogP contribution in [0.4, 0.5) is 0 Å². The van der Waals surface area contributed by atoms with Crippen molar-refractivity contribution in [3.05, 3.63) is 23.5 Å². The molecule has 2 bridgehead atoms. The molecular weight excluding hydrogens is 288 g/mol. The number of carbonyl (C=O) groups is 2. The fourth-order valence-corrected chi connectivity index (χ4v) is 7.08. The Labute approximate surface area is 137 Å². The predicted molar refractivity (Wildman–Crippen MR) is 87.7 cm³/mol. The van der Waals surface area contributed by atoms with Gasteiger partial charge in [0.1, 0.15) is 5.41 Å². The maximum absolute atomic E-state index is 13.7. The largest absolute Gasteiger partial charge is 0.504 e. The summed E-state index contributed by atoms with van der Waals surface area (Å²) >= 11 is 0. The van der Waals surface area contributed by atoms with Crippen molar-refractivity contribution in [3.63, 3.8) is 0 Å². The van der Waals surface area contributed by atoms with Gasteiger partial charge < -0.3 is 5.11 Å². The average molecular weight is 314 g/mol. The molecule has 3 nitrogen and oxygen atoms in total. The van der Waals surface area contributed by atoms with Gasteiger partial charge >= 0.3 is 0 Å². The summed E-state index contributed by atoms with van der Waals surface area (Å²) in [4.78, 5) is 26.7. The van der Waals surface area contributed by atoms with Crippen molar-refractivity contribution in [1.29, 1.82) is 0 Å². The molecule has 124 valence electrons. The lowest BCUT2D eigenvalue weighted by Crippen LogP contribution is -2.53. The number of allylic oxidation sites excluding steroid dienone is 3. The first-order chi connectivity index (χ1) is 10.7. The van der Waals surface area contributed by atoms with E-state index in [9.17, 15) is 14.7 Å². The molecule has 3 heteroatoms. The van der Waals surface area contributed by atoms with E-state index >= 15 is 0 Å². The number of aliphatic hydroxyl groups is 1. The molecule has 3 saturated carbocycles. The summed E-state index contributed by atoms with van der Waals surface area (Å²) in [5, 5.41) is 10.8. The molecule has 1 spiro atoms. The summed E-state index contributed by atoms with van der Waals surface area (Å²) in [6, 6.07) is 0. The summed E-state index contributed by atoms with van der Waals surface area (Å²) in [6.45, 7) is 12.1. The van der Waals surface area contributed by atoms with Crippen molar-refractivity contribution in [1.82, 2.24) is 0 Å². The quantitative estimate of drug-likeness (QED) is 0.591. The van der Waals surface area contributed by atoms with Crippen LogP contribution < -0.4 is 0 Å². The zero-order valence-electron chi connectivity index (χ0n) is 14.5. The molecule has 1 N–H and O–H groups in total. The van der Waals surface area contributed by atoms with E-state index in [4.69, 9.17) is 0 Å². The molecule has 7 atom stereocenters. The summed E-state index contributed by atoms with van der Waals surface area (Å²) in [7, 11) is 0. The molecular formula is C20H26O3. The highest BCUT2D eigenvalue weighted by molar-refractivity contribution is 6.21. The first kappa shape index (κ1) is 15.2. The van der Waals surface area contributed by atoms with E-state index in [1.165, 1.54) is 0 Å². The summed E-state index contributed by atoms with van der Waals surface area (Å²) in [6.07, 6.45) is 2.94. The summed E-state index contributed by atoms with van der Waals surface area (Å²) in [5.74, 6) is 0.465. The molecule has 23 heavy (non-hydrogen) atoms. The Morgan fingerprint density at radius 1 is 1.22 bits per heavy atom. The third-order valence-corrected chi connectivity index (χ3v) is 7.68. The van der Waals surface area contributed by atoms with E-state index in [-0.39, 0.29) is 41.0 Å². The van der Waals surface area contributed by atoms with Gasteiger partial charge in [-0.05, 0) is 62.4 Å². The highest BCUT2D eigenvalue weighted by Gasteiger charge is 2.78. The molecule has 0 aliphatic heterocycles. The zero-order chi connectivity index (χ0) is 16.9. The van der Waals surface area contributed by atoms with Gasteiger partial charge in [-0.2, -0.15) is 0 Å². The Morgan fingerprint density at radius 2 is 1.87 bits per heavy atom. The van der Waals surface area contributed by atoms with Crippen molar-refractivity contribution in [2.75, 3.05) is 0 Å². The lowest BCUT2D eigenvalue weighted by Gasteiger charge is -2.47. The first-order valence-electron chi connectivity index (χ1n) is 8.88. The van der Waals surface area contributed by atoms with Crippen LogP contribution >= 0.6 is 0 Å². The molecule has 0 radical (unpaired) electrons. The second kappa shape index (κ2) is 4.17. The number of carbonyl (C=O) groups excluding carboxylic acids is 2. The van der Waals surface area contributed by atoms with Gasteiger partial charge in [0.25, 0.3) is 0 Å². The molecule has 0 unspecified atom stereocenters. The summed E-state index contributed by atoms with van der Waals surface area (Å²) < 4.78 is 0. The number of aliphatic hydroxyl groups excluding tert-OH is 1. The van der Waals surface area contributed by atoms with Crippen LogP contribution in [0, 0.1) is 40.4 Å². The molecule has 0 aromatic rings. The third-order valence-electron chi connectivity index (χ3n) is 7.68. The second-order valence-electron chi connectivity index (χ2n) is 8.72. The normalized spacial score (nSPS) is 51.2. The van der Waals surface area contributed by atoms with Crippen molar-refractivity contribution < 1.29 is 14.7 Å². The fourth-order valence-electron chi connectivity index (χ4n) is 7.08. The number of ketones is 2. The van der Waals surface area contributed by atoms with Crippen molar-refractivity contribution in [2.45, 2.75) is 47.0 Å². The lowest BCUT2D eigenvalue weighted by molar-refractivity contribution is -0.146. The molecule has 4 aliphatic rings. The van der Waals surface area contributed by atoms with Crippen LogP contribution in [0.3, 0.4) is 0 Å². The van der Waals surface area contributed by atoms with Gasteiger partial charge in [-0.15, -0.1) is 0 Å². The summed E-state index contributed by atoms with van der Waals surface area (Å²) in [5.41, 5.74) is -0.0250. The van der Waals surface area contributed by atoms with E-state index < -0.39 is 10.8 Å². The molecule has 0 aromatic carbocycles. The van der Waals surface area contributed by atoms with Gasteiger partial charge in [0.15, 0.2) is 11.5 Å².